The van der Waals surface area contributed by atoms with Crippen LogP contribution < -0.4 is 10.5 Å². The lowest BCUT2D eigenvalue weighted by atomic mass is 10.2. The molecule has 0 bridgehead atoms. The van der Waals surface area contributed by atoms with Gasteiger partial charge in [0, 0.05) is 38.0 Å². The number of hydrogen-bond acceptors (Lipinski definition) is 4. The molecule has 0 unspecified atom stereocenters. The Morgan fingerprint density at radius 1 is 1.33 bits per heavy atom. The fourth-order valence-electron chi connectivity index (χ4n) is 2.22. The molecule has 2 aromatic heterocycles. The van der Waals surface area contributed by atoms with E-state index in [-0.39, 0.29) is 5.56 Å². The van der Waals surface area contributed by atoms with Crippen molar-refractivity contribution in [1.82, 2.24) is 19.7 Å². The van der Waals surface area contributed by atoms with Gasteiger partial charge in [0.05, 0.1) is 11.9 Å². The van der Waals surface area contributed by atoms with E-state index in [1.165, 1.54) is 6.07 Å². The van der Waals surface area contributed by atoms with Crippen molar-refractivity contribution >= 4 is 5.95 Å². The summed E-state index contributed by atoms with van der Waals surface area (Å²) < 4.78 is 1.70. The van der Waals surface area contributed by atoms with Gasteiger partial charge in [-0.15, -0.1) is 0 Å². The fourth-order valence-corrected chi connectivity index (χ4v) is 2.22. The molecule has 1 saturated heterocycles. The van der Waals surface area contributed by atoms with Gasteiger partial charge in [-0.3, -0.25) is 14.5 Å². The van der Waals surface area contributed by atoms with E-state index in [0.717, 1.165) is 31.5 Å². The molecule has 0 amide bonds. The van der Waals surface area contributed by atoms with Crippen LogP contribution in [0.1, 0.15) is 12.8 Å². The Morgan fingerprint density at radius 3 is 2.78 bits per heavy atom. The summed E-state index contributed by atoms with van der Waals surface area (Å²) in [5.74, 6) is 0.666. The van der Waals surface area contributed by atoms with Crippen molar-refractivity contribution in [2.45, 2.75) is 12.8 Å². The van der Waals surface area contributed by atoms with Gasteiger partial charge in [0.25, 0.3) is 5.56 Å². The maximum atomic E-state index is 11.7. The van der Waals surface area contributed by atoms with Crippen LogP contribution in [0.15, 0.2) is 23.3 Å². The average Bonchev–Trinajstić information content (AvgIpc) is 2.98. The third-order valence-corrected chi connectivity index (χ3v) is 3.14. The summed E-state index contributed by atoms with van der Waals surface area (Å²) in [7, 11) is 1.85. The Hall–Kier alpha value is -2.11. The van der Waals surface area contributed by atoms with E-state index in [4.69, 9.17) is 0 Å². The first-order chi connectivity index (χ1) is 8.72. The smallest absolute Gasteiger partial charge is 0.252 e. The topological polar surface area (TPSA) is 66.8 Å². The molecule has 0 atom stereocenters. The number of nitrogens with zero attached hydrogens (tertiary/aromatic N) is 4. The summed E-state index contributed by atoms with van der Waals surface area (Å²) in [6.07, 6.45) is 5.88. The SMILES string of the molecule is Cn1cc(-c2cc(=O)[nH]c(N3CCCC3)n2)cn1. The molecule has 1 aliphatic heterocycles. The molecule has 3 rings (SSSR count). The molecule has 0 aliphatic carbocycles. The first-order valence-corrected chi connectivity index (χ1v) is 6.08. The van der Waals surface area contributed by atoms with Crippen LogP contribution in [-0.4, -0.2) is 32.8 Å². The number of hydrogen-bond donors (Lipinski definition) is 1. The summed E-state index contributed by atoms with van der Waals surface area (Å²) in [4.78, 5) is 21.1. The minimum absolute atomic E-state index is 0.120. The highest BCUT2D eigenvalue weighted by atomic mass is 16.1. The number of anilines is 1. The maximum absolute atomic E-state index is 11.7. The Labute approximate surface area is 104 Å². The van der Waals surface area contributed by atoms with Crippen LogP contribution in [0, 0.1) is 0 Å². The molecule has 2 aromatic rings. The van der Waals surface area contributed by atoms with Crippen molar-refractivity contribution < 1.29 is 0 Å². The summed E-state index contributed by atoms with van der Waals surface area (Å²) in [6.45, 7) is 1.92. The minimum atomic E-state index is -0.120. The highest BCUT2D eigenvalue weighted by Crippen LogP contribution is 2.19. The van der Waals surface area contributed by atoms with Crippen molar-refractivity contribution in [3.05, 3.63) is 28.8 Å². The van der Waals surface area contributed by atoms with E-state index in [1.807, 2.05) is 13.2 Å². The Morgan fingerprint density at radius 2 is 2.11 bits per heavy atom. The van der Waals surface area contributed by atoms with Gasteiger partial charge in [-0.05, 0) is 12.8 Å². The Kier molecular flexibility index (Phi) is 2.62. The van der Waals surface area contributed by atoms with Crippen LogP contribution in [-0.2, 0) is 7.05 Å². The molecule has 1 aliphatic rings. The Balaban J connectivity index is 2.02. The van der Waals surface area contributed by atoms with Crippen molar-refractivity contribution in [2.75, 3.05) is 18.0 Å². The number of aromatic amines is 1. The molecule has 94 valence electrons. The van der Waals surface area contributed by atoms with Gasteiger partial charge in [0.15, 0.2) is 0 Å². The molecule has 0 spiro atoms. The Bertz CT molecular complexity index is 609. The number of nitrogens with one attached hydrogen (secondary N) is 1. The van der Waals surface area contributed by atoms with Crippen LogP contribution in [0.4, 0.5) is 5.95 Å². The molecule has 0 radical (unpaired) electrons. The average molecular weight is 245 g/mol. The van der Waals surface area contributed by atoms with Gasteiger partial charge >= 0.3 is 0 Å². The van der Waals surface area contributed by atoms with Crippen LogP contribution in [0.25, 0.3) is 11.3 Å². The van der Waals surface area contributed by atoms with Gasteiger partial charge in [-0.2, -0.15) is 5.10 Å². The zero-order valence-electron chi connectivity index (χ0n) is 10.3. The fraction of sp³-hybridized carbons (Fsp3) is 0.417. The van der Waals surface area contributed by atoms with E-state index in [2.05, 4.69) is 20.0 Å². The zero-order chi connectivity index (χ0) is 12.5. The predicted molar refractivity (Wildman–Crippen MR) is 68.5 cm³/mol. The number of rotatable bonds is 2. The summed E-state index contributed by atoms with van der Waals surface area (Å²) in [6, 6.07) is 1.51. The molecule has 1 N–H and O–H groups in total. The minimum Gasteiger partial charge on any atom is -0.342 e. The number of H-pyrrole nitrogens is 1. The summed E-state index contributed by atoms with van der Waals surface area (Å²) in [5, 5.41) is 4.10. The second-order valence-corrected chi connectivity index (χ2v) is 4.55. The van der Waals surface area contributed by atoms with Gasteiger partial charge in [0.1, 0.15) is 0 Å². The lowest BCUT2D eigenvalue weighted by Gasteiger charge is -2.15. The first-order valence-electron chi connectivity index (χ1n) is 6.08. The lowest BCUT2D eigenvalue weighted by molar-refractivity contribution is 0.768. The van der Waals surface area contributed by atoms with Gasteiger partial charge in [-0.25, -0.2) is 4.98 Å². The number of aryl methyl sites for hydroxylation is 1. The third kappa shape index (κ3) is 2.01. The molecular weight excluding hydrogens is 230 g/mol. The standard InChI is InChI=1S/C12H15N5O/c1-16-8-9(7-13-16)10-6-11(18)15-12(14-10)17-4-2-3-5-17/h6-8H,2-5H2,1H3,(H,14,15,18). The molecule has 6 heteroatoms. The van der Waals surface area contributed by atoms with Crippen LogP contribution in [0.3, 0.4) is 0 Å². The predicted octanol–water partition coefficient (Wildman–Crippen LogP) is 0.771. The van der Waals surface area contributed by atoms with Crippen LogP contribution in [0.2, 0.25) is 0 Å². The van der Waals surface area contributed by atoms with Gasteiger partial charge in [0.2, 0.25) is 5.95 Å². The van der Waals surface area contributed by atoms with E-state index in [9.17, 15) is 4.79 Å². The molecule has 0 saturated carbocycles. The van der Waals surface area contributed by atoms with E-state index < -0.39 is 0 Å². The molecule has 0 aromatic carbocycles. The van der Waals surface area contributed by atoms with Crippen molar-refractivity contribution in [1.29, 1.82) is 0 Å². The van der Waals surface area contributed by atoms with E-state index >= 15 is 0 Å². The summed E-state index contributed by atoms with van der Waals surface area (Å²) >= 11 is 0. The second kappa shape index (κ2) is 4.29. The molecule has 6 nitrogen and oxygen atoms in total. The van der Waals surface area contributed by atoms with Crippen LogP contribution in [0.5, 0.6) is 0 Å². The molecular formula is C12H15N5O. The van der Waals surface area contributed by atoms with Gasteiger partial charge in [-0.1, -0.05) is 0 Å². The van der Waals surface area contributed by atoms with Crippen molar-refractivity contribution in [3.63, 3.8) is 0 Å². The largest absolute Gasteiger partial charge is 0.342 e. The van der Waals surface area contributed by atoms with Crippen molar-refractivity contribution in [3.8, 4) is 11.3 Å². The lowest BCUT2D eigenvalue weighted by Crippen LogP contribution is -2.23. The van der Waals surface area contributed by atoms with E-state index in [1.54, 1.807) is 10.9 Å². The van der Waals surface area contributed by atoms with Gasteiger partial charge < -0.3 is 4.90 Å². The zero-order valence-corrected chi connectivity index (χ0v) is 10.3. The highest BCUT2D eigenvalue weighted by molar-refractivity contribution is 5.58. The van der Waals surface area contributed by atoms with E-state index in [0.29, 0.717) is 11.6 Å². The monoisotopic (exact) mass is 245 g/mol. The third-order valence-electron chi connectivity index (χ3n) is 3.14. The van der Waals surface area contributed by atoms with Crippen LogP contribution >= 0.6 is 0 Å². The number of aromatic nitrogens is 4. The molecule has 18 heavy (non-hydrogen) atoms. The summed E-state index contributed by atoms with van der Waals surface area (Å²) in [5.41, 5.74) is 1.42. The molecule has 3 heterocycles. The normalized spacial score (nSPS) is 15.3. The first kappa shape index (κ1) is 11.0. The quantitative estimate of drug-likeness (QED) is 0.848. The molecule has 1 fully saturated rings. The highest BCUT2D eigenvalue weighted by Gasteiger charge is 2.15. The van der Waals surface area contributed by atoms with Crippen molar-refractivity contribution in [2.24, 2.45) is 7.05 Å². The second-order valence-electron chi connectivity index (χ2n) is 4.55. The maximum Gasteiger partial charge on any atom is 0.252 e.